The Morgan fingerprint density at radius 3 is 0.826 bits per heavy atom. The molecule has 0 aliphatic carbocycles. The number of hydrogen-bond acceptors (Lipinski definition) is 2. The van der Waals surface area contributed by atoms with Gasteiger partial charge in [0.15, 0.2) is 0 Å². The van der Waals surface area contributed by atoms with Crippen molar-refractivity contribution in [1.82, 2.24) is 0 Å². The Hall–Kier alpha value is 0.439. The number of aliphatic hydroxyl groups is 2. The monoisotopic (exact) mass is 372 g/mol. The summed E-state index contributed by atoms with van der Waals surface area (Å²) in [7, 11) is 0. The van der Waals surface area contributed by atoms with E-state index >= 15 is 0 Å². The van der Waals surface area contributed by atoms with Crippen LogP contribution in [0.1, 0.15) is 117 Å². The first-order chi connectivity index (χ1) is 10.8. The van der Waals surface area contributed by atoms with Crippen molar-refractivity contribution >= 4 is 0 Å². The van der Waals surface area contributed by atoms with Crippen LogP contribution in [-0.4, -0.2) is 23.4 Å². The van der Waals surface area contributed by atoms with Crippen LogP contribution in [0.5, 0.6) is 0 Å². The Labute approximate surface area is 157 Å². The molecule has 3 heteroatoms. The van der Waals surface area contributed by atoms with E-state index in [9.17, 15) is 0 Å². The number of rotatable bonds is 16. The van der Waals surface area contributed by atoms with Crippen LogP contribution in [0.3, 0.4) is 0 Å². The molecule has 0 aliphatic heterocycles. The number of unbranched alkanes of at least 4 members (excludes halogenated alkanes) is 14. The van der Waals surface area contributed by atoms with Crippen LogP contribution in [-0.2, 0) is 17.1 Å². The van der Waals surface area contributed by atoms with Crippen LogP contribution in [0.15, 0.2) is 0 Å². The molecule has 0 spiro atoms. The molecule has 0 saturated carbocycles. The normalized spacial score (nSPS) is 9.91. The van der Waals surface area contributed by atoms with Gasteiger partial charge in [-0.1, -0.05) is 104 Å². The minimum Gasteiger partial charge on any atom is -0.396 e. The Bertz CT molecular complexity index is 132. The molecule has 0 aliphatic rings. The SMILES string of the molecule is CCCCCCCCCCO.CCCCCCCCCCO.[Fe]. The Morgan fingerprint density at radius 2 is 0.609 bits per heavy atom. The first-order valence-electron chi connectivity index (χ1n) is 10.0. The summed E-state index contributed by atoms with van der Waals surface area (Å²) >= 11 is 0. The molecule has 0 saturated heterocycles. The van der Waals surface area contributed by atoms with Crippen LogP contribution < -0.4 is 0 Å². The third kappa shape index (κ3) is 34.7. The summed E-state index contributed by atoms with van der Waals surface area (Å²) in [6, 6.07) is 0. The van der Waals surface area contributed by atoms with Crippen molar-refractivity contribution in [2.24, 2.45) is 0 Å². The summed E-state index contributed by atoms with van der Waals surface area (Å²) in [5, 5.41) is 17.0. The fourth-order valence-electron chi connectivity index (χ4n) is 2.49. The van der Waals surface area contributed by atoms with Gasteiger partial charge in [0.1, 0.15) is 0 Å². The quantitative estimate of drug-likeness (QED) is 0.249. The summed E-state index contributed by atoms with van der Waals surface area (Å²) in [5.74, 6) is 0. The Morgan fingerprint density at radius 1 is 0.391 bits per heavy atom. The Kier molecular flexibility index (Phi) is 37.3. The van der Waals surface area contributed by atoms with Gasteiger partial charge in [0, 0.05) is 30.3 Å². The van der Waals surface area contributed by atoms with E-state index in [-0.39, 0.29) is 17.1 Å². The minimum atomic E-state index is 0. The summed E-state index contributed by atoms with van der Waals surface area (Å²) < 4.78 is 0. The average molecular weight is 372 g/mol. The minimum absolute atomic E-state index is 0. The first-order valence-corrected chi connectivity index (χ1v) is 10.0. The van der Waals surface area contributed by atoms with E-state index in [1.54, 1.807) is 0 Å². The molecule has 0 heterocycles. The Balaban J connectivity index is -0.000000333. The van der Waals surface area contributed by atoms with Crippen molar-refractivity contribution in [1.29, 1.82) is 0 Å². The zero-order valence-corrected chi connectivity index (χ0v) is 17.1. The molecule has 0 rings (SSSR count). The summed E-state index contributed by atoms with van der Waals surface area (Å²) in [6.07, 6.45) is 20.8. The van der Waals surface area contributed by atoms with Crippen LogP contribution in [0.25, 0.3) is 0 Å². The second-order valence-corrected chi connectivity index (χ2v) is 6.40. The molecule has 23 heavy (non-hydrogen) atoms. The van der Waals surface area contributed by atoms with Gasteiger partial charge < -0.3 is 10.2 Å². The molecule has 0 amide bonds. The third-order valence-corrected chi connectivity index (χ3v) is 4.02. The van der Waals surface area contributed by atoms with Gasteiger partial charge in [-0.3, -0.25) is 0 Å². The smallest absolute Gasteiger partial charge is 0.0431 e. The molecule has 0 radical (unpaired) electrons. The van der Waals surface area contributed by atoms with Gasteiger partial charge in [-0.25, -0.2) is 0 Å². The standard InChI is InChI=1S/2C10H22O.Fe/c2*1-2-3-4-5-6-7-8-9-10-11;/h2*11H,2-10H2,1H3;. The van der Waals surface area contributed by atoms with Crippen molar-refractivity contribution in [2.75, 3.05) is 13.2 Å². The fraction of sp³-hybridized carbons (Fsp3) is 1.00. The van der Waals surface area contributed by atoms with E-state index in [1.165, 1.54) is 89.9 Å². The molecule has 2 N–H and O–H groups in total. The average Bonchev–Trinajstić information content (AvgIpc) is 2.54. The maximum absolute atomic E-state index is 8.51. The molecular formula is C20H44FeO2. The molecule has 144 valence electrons. The topological polar surface area (TPSA) is 40.5 Å². The molecule has 0 aromatic carbocycles. The zero-order chi connectivity index (χ0) is 16.7. The van der Waals surface area contributed by atoms with Gasteiger partial charge in [0.05, 0.1) is 0 Å². The molecular weight excluding hydrogens is 328 g/mol. The maximum atomic E-state index is 8.51. The van der Waals surface area contributed by atoms with Crippen molar-refractivity contribution < 1.29 is 27.3 Å². The second kappa shape index (κ2) is 30.3. The van der Waals surface area contributed by atoms with E-state index in [0.717, 1.165) is 12.8 Å². The van der Waals surface area contributed by atoms with Crippen LogP contribution >= 0.6 is 0 Å². The van der Waals surface area contributed by atoms with E-state index in [0.29, 0.717) is 13.2 Å². The van der Waals surface area contributed by atoms with Gasteiger partial charge >= 0.3 is 0 Å². The molecule has 0 unspecified atom stereocenters. The van der Waals surface area contributed by atoms with Crippen LogP contribution in [0.2, 0.25) is 0 Å². The molecule has 0 aromatic rings. The van der Waals surface area contributed by atoms with Crippen molar-refractivity contribution in [2.45, 2.75) is 117 Å². The third-order valence-electron chi connectivity index (χ3n) is 4.02. The van der Waals surface area contributed by atoms with E-state index in [4.69, 9.17) is 10.2 Å². The van der Waals surface area contributed by atoms with Crippen LogP contribution in [0.4, 0.5) is 0 Å². The summed E-state index contributed by atoms with van der Waals surface area (Å²) in [4.78, 5) is 0. The van der Waals surface area contributed by atoms with Crippen molar-refractivity contribution in [3.05, 3.63) is 0 Å². The fourth-order valence-corrected chi connectivity index (χ4v) is 2.49. The molecule has 0 aromatic heterocycles. The van der Waals surface area contributed by atoms with Gasteiger partial charge in [0.2, 0.25) is 0 Å². The van der Waals surface area contributed by atoms with Crippen LogP contribution in [0, 0.1) is 0 Å². The second-order valence-electron chi connectivity index (χ2n) is 6.40. The van der Waals surface area contributed by atoms with E-state index < -0.39 is 0 Å². The first kappa shape index (κ1) is 28.3. The van der Waals surface area contributed by atoms with E-state index in [2.05, 4.69) is 13.8 Å². The predicted octanol–water partition coefficient (Wildman–Crippen LogP) is 6.24. The molecule has 0 atom stereocenters. The molecule has 2 nitrogen and oxygen atoms in total. The predicted molar refractivity (Wildman–Crippen MR) is 99.4 cm³/mol. The summed E-state index contributed by atoms with van der Waals surface area (Å²) in [6.45, 7) is 5.22. The van der Waals surface area contributed by atoms with Gasteiger partial charge in [-0.2, -0.15) is 0 Å². The number of hydrogen-bond donors (Lipinski definition) is 2. The van der Waals surface area contributed by atoms with Gasteiger partial charge in [0.25, 0.3) is 0 Å². The van der Waals surface area contributed by atoms with Gasteiger partial charge in [-0.15, -0.1) is 0 Å². The van der Waals surface area contributed by atoms with E-state index in [1.807, 2.05) is 0 Å². The molecule has 0 bridgehead atoms. The maximum Gasteiger partial charge on any atom is 0.0431 e. The van der Waals surface area contributed by atoms with Gasteiger partial charge in [-0.05, 0) is 12.8 Å². The molecule has 0 fully saturated rings. The van der Waals surface area contributed by atoms with Crippen molar-refractivity contribution in [3.63, 3.8) is 0 Å². The van der Waals surface area contributed by atoms with Crippen molar-refractivity contribution in [3.8, 4) is 0 Å². The largest absolute Gasteiger partial charge is 0.396 e. The number of aliphatic hydroxyl groups excluding tert-OH is 2. The zero-order valence-electron chi connectivity index (χ0n) is 16.0. The summed E-state index contributed by atoms with van der Waals surface area (Å²) in [5.41, 5.74) is 0.